The average molecular weight is 471 g/mol. The number of nitrogens with zero attached hydrogens (tertiary/aromatic N) is 3. The third-order valence-corrected chi connectivity index (χ3v) is 6.28. The monoisotopic (exact) mass is 470 g/mol. The van der Waals surface area contributed by atoms with E-state index in [0.717, 1.165) is 36.3 Å². The molecule has 1 amide bonds. The van der Waals surface area contributed by atoms with Crippen LogP contribution in [0.5, 0.6) is 0 Å². The first kappa shape index (κ1) is 23.0. The van der Waals surface area contributed by atoms with E-state index in [9.17, 15) is 14.4 Å². The van der Waals surface area contributed by atoms with Crippen LogP contribution in [0.25, 0.3) is 5.69 Å². The van der Waals surface area contributed by atoms with Gasteiger partial charge in [0, 0.05) is 31.3 Å². The van der Waals surface area contributed by atoms with E-state index in [4.69, 9.17) is 4.74 Å². The summed E-state index contributed by atoms with van der Waals surface area (Å²) in [5.41, 5.74) is 2.31. The van der Waals surface area contributed by atoms with Gasteiger partial charge in [0.2, 0.25) is 5.91 Å². The van der Waals surface area contributed by atoms with Crippen molar-refractivity contribution >= 4 is 17.7 Å². The number of thioether (sulfide) groups is 1. The molecule has 1 aromatic carbocycles. The molecule has 1 fully saturated rings. The Morgan fingerprint density at radius 3 is 2.85 bits per heavy atom. The minimum absolute atomic E-state index is 0.0836. The lowest BCUT2D eigenvalue weighted by Gasteiger charge is -2.14. The van der Waals surface area contributed by atoms with E-state index in [0.29, 0.717) is 23.2 Å². The van der Waals surface area contributed by atoms with Crippen molar-refractivity contribution in [3.05, 3.63) is 67.7 Å². The third kappa shape index (κ3) is 5.79. The van der Waals surface area contributed by atoms with E-state index < -0.39 is 11.2 Å². The summed E-state index contributed by atoms with van der Waals surface area (Å²) in [6, 6.07) is 7.37. The lowest BCUT2D eigenvalue weighted by atomic mass is 10.1. The number of aromatic amines is 2. The maximum absolute atomic E-state index is 12.4. The summed E-state index contributed by atoms with van der Waals surface area (Å²) in [5, 5.41) is 12.1. The van der Waals surface area contributed by atoms with Crippen molar-refractivity contribution in [1.29, 1.82) is 0 Å². The number of carbonyl (C=O) groups is 1. The minimum Gasteiger partial charge on any atom is -0.376 e. The summed E-state index contributed by atoms with van der Waals surface area (Å²) in [5.74, 6) is 0.621. The van der Waals surface area contributed by atoms with E-state index in [1.165, 1.54) is 17.8 Å². The van der Waals surface area contributed by atoms with Gasteiger partial charge in [-0.25, -0.2) is 4.79 Å². The predicted molar refractivity (Wildman–Crippen MR) is 124 cm³/mol. The molecule has 1 aliphatic heterocycles. The summed E-state index contributed by atoms with van der Waals surface area (Å²) >= 11 is 1.28. The Bertz CT molecular complexity index is 1230. The first-order valence-electron chi connectivity index (χ1n) is 10.7. The largest absolute Gasteiger partial charge is 0.376 e. The number of rotatable bonds is 8. The van der Waals surface area contributed by atoms with Crippen LogP contribution in [0.3, 0.4) is 0 Å². The van der Waals surface area contributed by atoms with E-state index >= 15 is 0 Å². The first-order valence-corrected chi connectivity index (χ1v) is 11.7. The Balaban J connectivity index is 1.58. The molecule has 0 radical (unpaired) electrons. The first-order chi connectivity index (χ1) is 15.9. The number of aryl methyl sites for hydroxylation is 2. The van der Waals surface area contributed by atoms with Crippen LogP contribution in [-0.2, 0) is 16.0 Å². The number of nitrogens with one attached hydrogen (secondary N) is 3. The van der Waals surface area contributed by atoms with Gasteiger partial charge in [0.15, 0.2) is 5.16 Å². The van der Waals surface area contributed by atoms with Crippen LogP contribution >= 0.6 is 11.8 Å². The standard InChI is InChI=1S/C22H26N6O4S/c1-13-5-6-14(2)17(8-13)28-18(9-15-10-19(29)25-21(31)24-15)26-27-22(28)33-12-20(30)23-11-16-4-3-7-32-16/h5-6,8,10,16H,3-4,7,9,11-12H2,1-2H3,(H,23,30)(H2,24,25,29,31)/t16-/m1/s1. The van der Waals surface area contributed by atoms with Crippen LogP contribution in [0.2, 0.25) is 0 Å². The lowest BCUT2D eigenvalue weighted by Crippen LogP contribution is -2.32. The van der Waals surface area contributed by atoms with Crippen molar-refractivity contribution in [2.45, 2.75) is 44.4 Å². The zero-order chi connectivity index (χ0) is 23.4. The van der Waals surface area contributed by atoms with Crippen molar-refractivity contribution in [2.75, 3.05) is 18.9 Å². The van der Waals surface area contributed by atoms with E-state index in [-0.39, 0.29) is 24.2 Å². The maximum Gasteiger partial charge on any atom is 0.325 e. The molecule has 3 heterocycles. The van der Waals surface area contributed by atoms with Crippen LogP contribution in [0.4, 0.5) is 0 Å². The number of benzene rings is 1. The third-order valence-electron chi connectivity index (χ3n) is 5.35. The van der Waals surface area contributed by atoms with Gasteiger partial charge in [0.1, 0.15) is 5.82 Å². The summed E-state index contributed by atoms with van der Waals surface area (Å²) in [6.07, 6.45) is 2.27. The Labute approximate surface area is 194 Å². The van der Waals surface area contributed by atoms with Gasteiger partial charge in [0.25, 0.3) is 5.56 Å². The van der Waals surface area contributed by atoms with Crippen LogP contribution in [0.1, 0.15) is 35.5 Å². The van der Waals surface area contributed by atoms with E-state index in [1.54, 1.807) is 0 Å². The molecule has 174 valence electrons. The lowest BCUT2D eigenvalue weighted by molar-refractivity contribution is -0.119. The highest BCUT2D eigenvalue weighted by molar-refractivity contribution is 7.99. The van der Waals surface area contributed by atoms with Gasteiger partial charge in [-0.3, -0.25) is 19.1 Å². The highest BCUT2D eigenvalue weighted by Crippen LogP contribution is 2.26. The molecule has 0 spiro atoms. The zero-order valence-electron chi connectivity index (χ0n) is 18.5. The van der Waals surface area contributed by atoms with Gasteiger partial charge >= 0.3 is 5.69 Å². The Morgan fingerprint density at radius 2 is 2.09 bits per heavy atom. The number of hydrogen-bond donors (Lipinski definition) is 3. The molecule has 2 aromatic heterocycles. The molecule has 3 aromatic rings. The minimum atomic E-state index is -0.576. The van der Waals surface area contributed by atoms with Crippen LogP contribution in [0.15, 0.2) is 39.0 Å². The predicted octanol–water partition coefficient (Wildman–Crippen LogP) is 1.24. The molecule has 4 rings (SSSR count). The van der Waals surface area contributed by atoms with Gasteiger partial charge in [-0.05, 0) is 43.9 Å². The van der Waals surface area contributed by atoms with E-state index in [1.807, 2.05) is 36.6 Å². The molecule has 1 atom stereocenters. The van der Waals surface area contributed by atoms with Crippen LogP contribution in [0, 0.1) is 13.8 Å². The molecular weight excluding hydrogens is 444 g/mol. The smallest absolute Gasteiger partial charge is 0.325 e. The molecule has 10 nitrogen and oxygen atoms in total. The number of amides is 1. The molecule has 0 bridgehead atoms. The normalized spacial score (nSPS) is 15.6. The summed E-state index contributed by atoms with van der Waals surface area (Å²) in [6.45, 7) is 5.22. The van der Waals surface area contributed by atoms with Gasteiger partial charge in [0.05, 0.1) is 17.5 Å². The molecule has 0 unspecified atom stereocenters. The van der Waals surface area contributed by atoms with Crippen LogP contribution in [-0.4, -0.2) is 55.6 Å². The highest BCUT2D eigenvalue weighted by Gasteiger charge is 2.20. The number of H-pyrrole nitrogens is 2. The van der Waals surface area contributed by atoms with Crippen molar-refractivity contribution < 1.29 is 9.53 Å². The van der Waals surface area contributed by atoms with Crippen molar-refractivity contribution in [2.24, 2.45) is 0 Å². The van der Waals surface area contributed by atoms with Gasteiger partial charge in [-0.2, -0.15) is 0 Å². The number of hydrogen-bond acceptors (Lipinski definition) is 7. The second-order valence-electron chi connectivity index (χ2n) is 8.04. The summed E-state index contributed by atoms with van der Waals surface area (Å²) in [4.78, 5) is 40.6. The Kier molecular flexibility index (Phi) is 7.09. The fraction of sp³-hybridized carbons (Fsp3) is 0.409. The average Bonchev–Trinajstić information content (AvgIpc) is 3.42. The molecule has 3 N–H and O–H groups in total. The molecule has 0 saturated carbocycles. The van der Waals surface area contributed by atoms with E-state index in [2.05, 4.69) is 25.5 Å². The SMILES string of the molecule is Cc1ccc(C)c(-n2c(Cc3cc(=O)[nH]c(=O)[nH]3)nnc2SCC(=O)NC[C@H]2CCCO2)c1. The van der Waals surface area contributed by atoms with Crippen molar-refractivity contribution in [3.63, 3.8) is 0 Å². The van der Waals surface area contributed by atoms with Crippen molar-refractivity contribution in [3.8, 4) is 5.69 Å². The topological polar surface area (TPSA) is 135 Å². The maximum atomic E-state index is 12.4. The molecule has 1 aliphatic rings. The van der Waals surface area contributed by atoms with Gasteiger partial charge in [-0.15, -0.1) is 10.2 Å². The molecule has 33 heavy (non-hydrogen) atoms. The summed E-state index contributed by atoms with van der Waals surface area (Å²) in [7, 11) is 0. The molecule has 1 saturated heterocycles. The highest BCUT2D eigenvalue weighted by atomic mass is 32.2. The Morgan fingerprint density at radius 1 is 1.24 bits per heavy atom. The number of ether oxygens (including phenoxy) is 1. The zero-order valence-corrected chi connectivity index (χ0v) is 19.3. The van der Waals surface area contributed by atoms with Crippen molar-refractivity contribution in [1.82, 2.24) is 30.0 Å². The Hall–Kier alpha value is -3.18. The number of aromatic nitrogens is 5. The molecule has 0 aliphatic carbocycles. The number of carbonyl (C=O) groups excluding carboxylic acids is 1. The van der Waals surface area contributed by atoms with Crippen LogP contribution < -0.4 is 16.6 Å². The molecular formula is C22H26N6O4S. The fourth-order valence-corrected chi connectivity index (χ4v) is 4.50. The summed E-state index contributed by atoms with van der Waals surface area (Å²) < 4.78 is 7.42. The van der Waals surface area contributed by atoms with Gasteiger partial charge < -0.3 is 15.0 Å². The molecule has 11 heteroatoms. The van der Waals surface area contributed by atoms with Gasteiger partial charge in [-0.1, -0.05) is 23.9 Å². The fourth-order valence-electron chi connectivity index (χ4n) is 3.71. The quantitative estimate of drug-likeness (QED) is 0.422. The second kappa shape index (κ2) is 10.2. The second-order valence-corrected chi connectivity index (χ2v) is 8.98.